The van der Waals surface area contributed by atoms with Gasteiger partial charge in [-0.2, -0.15) is 0 Å². The minimum Gasteiger partial charge on any atom is -0.450 e. The van der Waals surface area contributed by atoms with Gasteiger partial charge in [0.05, 0.1) is 17.3 Å². The average molecular weight is 447 g/mol. The highest BCUT2D eigenvalue weighted by atomic mass is 32.2. The number of amides is 2. The molecule has 1 saturated heterocycles. The number of rotatable bonds is 5. The molecule has 0 aromatic heterocycles. The summed E-state index contributed by atoms with van der Waals surface area (Å²) in [7, 11) is -3.77. The highest BCUT2D eigenvalue weighted by Gasteiger charge is 2.23. The number of hydrogen-bond donors (Lipinski definition) is 2. The molecule has 3 N–H and O–H groups in total. The molecule has 12 heteroatoms. The molecule has 0 atom stereocenters. The van der Waals surface area contributed by atoms with Crippen LogP contribution in [0.3, 0.4) is 0 Å². The van der Waals surface area contributed by atoms with Gasteiger partial charge in [-0.15, -0.1) is 0 Å². The van der Waals surface area contributed by atoms with Crippen LogP contribution in [0.25, 0.3) is 0 Å². The molecule has 0 spiro atoms. The number of piperazine rings is 1. The Bertz CT molecular complexity index is 821. The Labute approximate surface area is 173 Å². The van der Waals surface area contributed by atoms with Gasteiger partial charge >= 0.3 is 6.09 Å². The number of primary sulfonamides is 1. The van der Waals surface area contributed by atoms with E-state index in [4.69, 9.17) is 22.1 Å². The van der Waals surface area contributed by atoms with Crippen molar-refractivity contribution in [1.29, 1.82) is 0 Å². The molecule has 2 amide bonds. The first-order valence-electron chi connectivity index (χ1n) is 8.47. The van der Waals surface area contributed by atoms with E-state index in [0.29, 0.717) is 42.8 Å². The van der Waals surface area contributed by atoms with Gasteiger partial charge in [0.25, 0.3) is 0 Å². The number of ether oxygens (including phenoxy) is 1. The predicted octanol–water partition coefficient (Wildman–Crippen LogP) is 1.06. The fourth-order valence-corrected chi connectivity index (χ4v) is 4.00. The Morgan fingerprint density at radius 1 is 1.18 bits per heavy atom. The molecule has 1 aromatic carbocycles. The molecule has 1 aromatic rings. The quantitative estimate of drug-likeness (QED) is 0.644. The van der Waals surface area contributed by atoms with E-state index in [-0.39, 0.29) is 22.6 Å². The number of nitrogens with two attached hydrogens (primary N) is 1. The van der Waals surface area contributed by atoms with Gasteiger partial charge in [0.15, 0.2) is 0 Å². The molecule has 0 bridgehead atoms. The molecule has 9 nitrogen and oxygen atoms in total. The van der Waals surface area contributed by atoms with E-state index in [0.717, 1.165) is 0 Å². The number of anilines is 1. The second-order valence-corrected chi connectivity index (χ2v) is 9.02. The van der Waals surface area contributed by atoms with Gasteiger partial charge in [0.1, 0.15) is 4.32 Å². The van der Waals surface area contributed by atoms with Crippen molar-refractivity contribution >= 4 is 56.0 Å². The summed E-state index contributed by atoms with van der Waals surface area (Å²) in [5, 5.41) is 7.71. The molecule has 1 aliphatic rings. The number of thioether (sulfide) groups is 1. The van der Waals surface area contributed by atoms with Crippen LogP contribution in [-0.2, 0) is 19.6 Å². The van der Waals surface area contributed by atoms with Gasteiger partial charge in [-0.25, -0.2) is 18.4 Å². The van der Waals surface area contributed by atoms with Crippen molar-refractivity contribution in [2.75, 3.05) is 43.9 Å². The second kappa shape index (κ2) is 10.0. The standard InChI is InChI=1S/C16H22N4O5S3/c1-2-25-15(22)19-7-9-20(10-8-19)16(26)27-11-14(21)18-12-3-5-13(6-4-12)28(17,23)24/h3-6H,2,7-11H2,1H3,(H,18,21)(H2,17,23,24). The van der Waals surface area contributed by atoms with Crippen LogP contribution in [0.2, 0.25) is 0 Å². The minimum absolute atomic E-state index is 0.0250. The Morgan fingerprint density at radius 3 is 2.29 bits per heavy atom. The van der Waals surface area contributed by atoms with E-state index in [1.165, 1.54) is 36.0 Å². The maximum atomic E-state index is 12.1. The topological polar surface area (TPSA) is 122 Å². The van der Waals surface area contributed by atoms with E-state index < -0.39 is 10.0 Å². The normalized spacial score (nSPS) is 14.5. The summed E-state index contributed by atoms with van der Waals surface area (Å²) in [5.41, 5.74) is 0.465. The van der Waals surface area contributed by atoms with Crippen molar-refractivity contribution in [3.63, 3.8) is 0 Å². The van der Waals surface area contributed by atoms with E-state index in [1.54, 1.807) is 11.8 Å². The first-order valence-corrected chi connectivity index (χ1v) is 11.4. The molecule has 0 radical (unpaired) electrons. The van der Waals surface area contributed by atoms with Crippen LogP contribution < -0.4 is 10.5 Å². The molecule has 1 heterocycles. The van der Waals surface area contributed by atoms with Crippen molar-refractivity contribution in [1.82, 2.24) is 9.80 Å². The number of carbonyl (C=O) groups is 2. The highest BCUT2D eigenvalue weighted by Crippen LogP contribution is 2.16. The number of carbonyl (C=O) groups excluding carboxylic acids is 2. The summed E-state index contributed by atoms with van der Waals surface area (Å²) in [5.74, 6) is -0.144. The van der Waals surface area contributed by atoms with Gasteiger partial charge in [-0.1, -0.05) is 24.0 Å². The Morgan fingerprint density at radius 2 is 1.75 bits per heavy atom. The van der Waals surface area contributed by atoms with Gasteiger partial charge in [-0.05, 0) is 31.2 Å². The SMILES string of the molecule is CCOC(=O)N1CCN(C(=S)SCC(=O)Nc2ccc(S(N)(=O)=O)cc2)CC1. The zero-order chi connectivity index (χ0) is 20.7. The molecule has 0 unspecified atom stereocenters. The van der Waals surface area contributed by atoms with Crippen molar-refractivity contribution in [2.24, 2.45) is 5.14 Å². The minimum atomic E-state index is -3.77. The van der Waals surface area contributed by atoms with E-state index in [1.807, 2.05) is 4.90 Å². The van der Waals surface area contributed by atoms with Gasteiger partial charge in [-0.3, -0.25) is 4.79 Å². The third-order valence-electron chi connectivity index (χ3n) is 3.86. The second-order valence-electron chi connectivity index (χ2n) is 5.85. The third-order valence-corrected chi connectivity index (χ3v) is 6.31. The molecule has 154 valence electrons. The van der Waals surface area contributed by atoms with Crippen LogP contribution in [0, 0.1) is 0 Å². The lowest BCUT2D eigenvalue weighted by atomic mass is 10.3. The molecule has 1 fully saturated rings. The molecule has 2 rings (SSSR count). The van der Waals surface area contributed by atoms with Crippen LogP contribution in [0.15, 0.2) is 29.2 Å². The summed E-state index contributed by atoms with van der Waals surface area (Å²) >= 11 is 6.60. The molecule has 0 aliphatic carbocycles. The lowest BCUT2D eigenvalue weighted by molar-refractivity contribution is -0.113. The molecule has 28 heavy (non-hydrogen) atoms. The summed E-state index contributed by atoms with van der Waals surface area (Å²) in [4.78, 5) is 27.3. The van der Waals surface area contributed by atoms with E-state index in [2.05, 4.69) is 5.32 Å². The number of sulfonamides is 1. The van der Waals surface area contributed by atoms with Crippen LogP contribution >= 0.6 is 24.0 Å². The number of benzene rings is 1. The smallest absolute Gasteiger partial charge is 0.409 e. The largest absolute Gasteiger partial charge is 0.450 e. The Kier molecular flexibility index (Phi) is 8.04. The third kappa shape index (κ3) is 6.62. The lowest BCUT2D eigenvalue weighted by Gasteiger charge is -2.35. The Hall–Kier alpha value is -1.89. The maximum Gasteiger partial charge on any atom is 0.409 e. The van der Waals surface area contributed by atoms with Gasteiger partial charge < -0.3 is 19.9 Å². The first-order chi connectivity index (χ1) is 13.2. The zero-order valence-corrected chi connectivity index (χ0v) is 17.7. The van der Waals surface area contributed by atoms with Crippen LogP contribution in [0.5, 0.6) is 0 Å². The molecule has 1 aliphatic heterocycles. The Balaban J connectivity index is 1.75. The van der Waals surface area contributed by atoms with Crippen LogP contribution in [0.1, 0.15) is 6.92 Å². The maximum absolute atomic E-state index is 12.1. The fraction of sp³-hybridized carbons (Fsp3) is 0.438. The number of nitrogens with one attached hydrogen (secondary N) is 1. The summed E-state index contributed by atoms with van der Waals surface area (Å²) in [6.45, 7) is 4.31. The highest BCUT2D eigenvalue weighted by molar-refractivity contribution is 8.23. The molecule has 0 saturated carbocycles. The number of nitrogens with zero attached hydrogens (tertiary/aromatic N) is 2. The van der Waals surface area contributed by atoms with E-state index >= 15 is 0 Å². The zero-order valence-electron chi connectivity index (χ0n) is 15.3. The average Bonchev–Trinajstić information content (AvgIpc) is 2.66. The van der Waals surface area contributed by atoms with Gasteiger partial charge in [0.2, 0.25) is 15.9 Å². The van der Waals surface area contributed by atoms with Crippen molar-refractivity contribution < 1.29 is 22.7 Å². The van der Waals surface area contributed by atoms with E-state index in [9.17, 15) is 18.0 Å². The first kappa shape index (κ1) is 22.4. The number of hydrogen-bond acceptors (Lipinski definition) is 7. The van der Waals surface area contributed by atoms with Gasteiger partial charge in [0, 0.05) is 31.9 Å². The van der Waals surface area contributed by atoms with Crippen LogP contribution in [-0.4, -0.2) is 73.1 Å². The lowest BCUT2D eigenvalue weighted by Crippen LogP contribution is -2.49. The van der Waals surface area contributed by atoms with Crippen LogP contribution in [0.4, 0.5) is 10.5 Å². The number of thiocarbonyl (C=S) groups is 1. The van der Waals surface area contributed by atoms with Crippen molar-refractivity contribution in [2.45, 2.75) is 11.8 Å². The fourth-order valence-electron chi connectivity index (χ4n) is 2.43. The predicted molar refractivity (Wildman–Crippen MR) is 112 cm³/mol. The van der Waals surface area contributed by atoms with Crippen molar-refractivity contribution in [3.05, 3.63) is 24.3 Å². The summed E-state index contributed by atoms with van der Waals surface area (Å²) < 4.78 is 28.0. The molecular formula is C16H22N4O5S3. The van der Waals surface area contributed by atoms with Crippen molar-refractivity contribution in [3.8, 4) is 0 Å². The monoisotopic (exact) mass is 446 g/mol. The molecular weight excluding hydrogens is 424 g/mol. The summed E-state index contributed by atoms with van der Waals surface area (Å²) in [6.07, 6.45) is -0.325. The summed E-state index contributed by atoms with van der Waals surface area (Å²) in [6, 6.07) is 5.59.